The molecule has 2 atom stereocenters. The molecule has 0 spiro atoms. The minimum Gasteiger partial charge on any atom is -0.312 e. The van der Waals surface area contributed by atoms with Crippen molar-refractivity contribution in [2.75, 3.05) is 13.1 Å². The van der Waals surface area contributed by atoms with Crippen LogP contribution < -0.4 is 5.32 Å². The molecule has 19 heavy (non-hydrogen) atoms. The molecule has 4 rings (SSSR count). The van der Waals surface area contributed by atoms with Gasteiger partial charge < -0.3 is 5.32 Å². The molecule has 2 aliphatic heterocycles. The summed E-state index contributed by atoms with van der Waals surface area (Å²) in [7, 11) is 0. The maximum atomic E-state index is 4.21. The second-order valence-corrected chi connectivity index (χ2v) is 6.38. The minimum absolute atomic E-state index is 0.710. The van der Waals surface area contributed by atoms with E-state index in [1.54, 1.807) is 0 Å². The lowest BCUT2D eigenvalue weighted by Crippen LogP contribution is -2.30. The van der Waals surface area contributed by atoms with Crippen molar-refractivity contribution in [1.29, 1.82) is 0 Å². The van der Waals surface area contributed by atoms with Crippen molar-refractivity contribution in [2.24, 2.45) is 0 Å². The summed E-state index contributed by atoms with van der Waals surface area (Å²) in [6.45, 7) is 2.36. The zero-order valence-corrected chi connectivity index (χ0v) is 11.6. The molecule has 4 heteroatoms. The van der Waals surface area contributed by atoms with Crippen LogP contribution in [0.4, 0.5) is 0 Å². The molecule has 0 bridgehead atoms. The Morgan fingerprint density at radius 2 is 2.26 bits per heavy atom. The number of hydrogen-bond acceptors (Lipinski definition) is 4. The van der Waals surface area contributed by atoms with E-state index < -0.39 is 0 Å². The standard InChI is InChI=1S/C15H17N3S/c1-2-11-10-16-7-4-12(11)15(3-1)19-18-9-6-13-14(18)5-8-17-13/h1-4,7,10,13-14,17H,5-6,8-9H2/t13?,14-/m0/s1. The Balaban J connectivity index is 1.65. The molecule has 2 aliphatic rings. The highest BCUT2D eigenvalue weighted by atomic mass is 32.2. The van der Waals surface area contributed by atoms with Gasteiger partial charge in [-0.25, -0.2) is 4.31 Å². The Morgan fingerprint density at radius 3 is 3.26 bits per heavy atom. The van der Waals surface area contributed by atoms with Crippen molar-refractivity contribution < 1.29 is 0 Å². The largest absolute Gasteiger partial charge is 0.312 e. The first kappa shape index (κ1) is 11.7. The average Bonchev–Trinajstić information content (AvgIpc) is 3.04. The lowest BCUT2D eigenvalue weighted by Gasteiger charge is -2.22. The molecule has 0 radical (unpaired) electrons. The molecule has 3 heterocycles. The van der Waals surface area contributed by atoms with Gasteiger partial charge in [-0.1, -0.05) is 12.1 Å². The smallest absolute Gasteiger partial charge is 0.0371 e. The van der Waals surface area contributed by atoms with E-state index in [4.69, 9.17) is 0 Å². The molecule has 1 aromatic carbocycles. The van der Waals surface area contributed by atoms with E-state index in [9.17, 15) is 0 Å². The number of aromatic nitrogens is 1. The highest BCUT2D eigenvalue weighted by molar-refractivity contribution is 7.97. The number of nitrogens with one attached hydrogen (secondary N) is 1. The van der Waals surface area contributed by atoms with E-state index in [0.29, 0.717) is 12.1 Å². The number of nitrogens with zero attached hydrogens (tertiary/aromatic N) is 2. The number of hydrogen-bond donors (Lipinski definition) is 1. The van der Waals surface area contributed by atoms with E-state index in [-0.39, 0.29) is 0 Å². The maximum absolute atomic E-state index is 4.21. The van der Waals surface area contributed by atoms with E-state index in [2.05, 4.69) is 38.9 Å². The van der Waals surface area contributed by atoms with Gasteiger partial charge in [0.05, 0.1) is 0 Å². The van der Waals surface area contributed by atoms with E-state index in [0.717, 1.165) is 0 Å². The van der Waals surface area contributed by atoms with Gasteiger partial charge in [0.25, 0.3) is 0 Å². The predicted octanol–water partition coefficient (Wildman–Crippen LogP) is 2.68. The van der Waals surface area contributed by atoms with Crippen LogP contribution >= 0.6 is 11.9 Å². The molecular weight excluding hydrogens is 254 g/mol. The lowest BCUT2D eigenvalue weighted by atomic mass is 10.1. The summed E-state index contributed by atoms with van der Waals surface area (Å²) in [4.78, 5) is 5.56. The molecule has 1 N–H and O–H groups in total. The molecule has 3 nitrogen and oxygen atoms in total. The number of benzene rings is 1. The van der Waals surface area contributed by atoms with Gasteiger partial charge in [-0.3, -0.25) is 4.98 Å². The van der Waals surface area contributed by atoms with Crippen molar-refractivity contribution in [3.63, 3.8) is 0 Å². The quantitative estimate of drug-likeness (QED) is 0.850. The van der Waals surface area contributed by atoms with Gasteiger partial charge in [-0.2, -0.15) is 0 Å². The summed E-state index contributed by atoms with van der Waals surface area (Å²) in [6.07, 6.45) is 6.40. The zero-order valence-electron chi connectivity index (χ0n) is 10.7. The third-order valence-corrected chi connectivity index (χ3v) is 5.44. The lowest BCUT2D eigenvalue weighted by molar-refractivity contribution is 0.434. The van der Waals surface area contributed by atoms with Gasteiger partial charge in [-0.15, -0.1) is 0 Å². The average molecular weight is 271 g/mol. The topological polar surface area (TPSA) is 28.2 Å². The Bertz CT molecular complexity index is 595. The normalized spacial score (nSPS) is 26.9. The minimum atomic E-state index is 0.710. The summed E-state index contributed by atoms with van der Waals surface area (Å²) in [5.41, 5.74) is 0. The first-order valence-electron chi connectivity index (χ1n) is 6.92. The van der Waals surface area contributed by atoms with Crippen molar-refractivity contribution >= 4 is 22.7 Å². The zero-order chi connectivity index (χ0) is 12.7. The third-order valence-electron chi connectivity index (χ3n) is 4.20. The first-order valence-corrected chi connectivity index (χ1v) is 7.70. The van der Waals surface area contributed by atoms with Gasteiger partial charge in [0, 0.05) is 41.3 Å². The van der Waals surface area contributed by atoms with Crippen LogP contribution in [0, 0.1) is 0 Å². The maximum Gasteiger partial charge on any atom is 0.0371 e. The molecule has 0 aliphatic carbocycles. The number of fused-ring (bicyclic) bond motifs is 2. The fourth-order valence-electron chi connectivity index (χ4n) is 3.24. The Hall–Kier alpha value is -1.10. The van der Waals surface area contributed by atoms with Crippen molar-refractivity contribution in [3.05, 3.63) is 36.7 Å². The van der Waals surface area contributed by atoms with Crippen LogP contribution in [0.1, 0.15) is 12.8 Å². The fourth-order valence-corrected chi connectivity index (χ4v) is 4.50. The van der Waals surface area contributed by atoms with Crippen LogP contribution in [0.2, 0.25) is 0 Å². The van der Waals surface area contributed by atoms with Crippen LogP contribution in [0.5, 0.6) is 0 Å². The Morgan fingerprint density at radius 1 is 1.26 bits per heavy atom. The molecule has 2 aromatic rings. The molecule has 98 valence electrons. The fraction of sp³-hybridized carbons (Fsp3) is 0.400. The van der Waals surface area contributed by atoms with Crippen molar-refractivity contribution in [3.8, 4) is 0 Å². The van der Waals surface area contributed by atoms with Crippen LogP contribution in [-0.4, -0.2) is 34.5 Å². The summed E-state index contributed by atoms with van der Waals surface area (Å²) in [6, 6.07) is 10.0. The van der Waals surface area contributed by atoms with Gasteiger partial charge in [-0.05, 0) is 48.9 Å². The third kappa shape index (κ3) is 2.04. The molecular formula is C15H17N3S. The second-order valence-electron chi connectivity index (χ2n) is 5.29. The van der Waals surface area contributed by atoms with Crippen molar-refractivity contribution in [1.82, 2.24) is 14.6 Å². The van der Waals surface area contributed by atoms with E-state index in [1.807, 2.05) is 24.3 Å². The highest BCUT2D eigenvalue weighted by Gasteiger charge is 2.37. The molecule has 2 saturated heterocycles. The monoisotopic (exact) mass is 271 g/mol. The van der Waals surface area contributed by atoms with Gasteiger partial charge in [0.1, 0.15) is 0 Å². The Kier molecular flexibility index (Phi) is 2.94. The summed E-state index contributed by atoms with van der Waals surface area (Å²) >= 11 is 1.92. The molecule has 1 unspecified atom stereocenters. The highest BCUT2D eigenvalue weighted by Crippen LogP contribution is 2.37. The first-order chi connectivity index (χ1) is 9.42. The van der Waals surface area contributed by atoms with E-state index in [1.165, 1.54) is 41.6 Å². The van der Waals surface area contributed by atoms with Crippen LogP contribution in [-0.2, 0) is 0 Å². The number of pyridine rings is 1. The van der Waals surface area contributed by atoms with Gasteiger partial charge >= 0.3 is 0 Å². The van der Waals surface area contributed by atoms with Crippen LogP contribution in [0.15, 0.2) is 41.6 Å². The summed E-state index contributed by atoms with van der Waals surface area (Å²) in [5.74, 6) is 0. The molecule has 1 aromatic heterocycles. The summed E-state index contributed by atoms with van der Waals surface area (Å²) in [5, 5.41) is 6.15. The molecule has 2 fully saturated rings. The molecule has 0 amide bonds. The van der Waals surface area contributed by atoms with Crippen molar-refractivity contribution in [2.45, 2.75) is 29.8 Å². The SMILES string of the molecule is c1cc(SN2CCC3NCC[C@@H]32)c2ccncc2c1. The van der Waals surface area contributed by atoms with Crippen LogP contribution in [0.3, 0.4) is 0 Å². The van der Waals surface area contributed by atoms with Gasteiger partial charge in [0.2, 0.25) is 0 Å². The Labute approximate surface area is 117 Å². The number of rotatable bonds is 2. The molecule has 0 saturated carbocycles. The van der Waals surface area contributed by atoms with E-state index >= 15 is 0 Å². The van der Waals surface area contributed by atoms with Gasteiger partial charge in [0.15, 0.2) is 0 Å². The second kappa shape index (κ2) is 4.78. The summed E-state index contributed by atoms with van der Waals surface area (Å²) < 4.78 is 2.57. The predicted molar refractivity (Wildman–Crippen MR) is 79.1 cm³/mol. The van der Waals surface area contributed by atoms with Crippen LogP contribution in [0.25, 0.3) is 10.8 Å².